The lowest BCUT2D eigenvalue weighted by atomic mass is 10.2. The van der Waals surface area contributed by atoms with Crippen LogP contribution in [0.3, 0.4) is 0 Å². The van der Waals surface area contributed by atoms with Crippen LogP contribution in [0.4, 0.5) is 4.39 Å². The van der Waals surface area contributed by atoms with Crippen LogP contribution < -0.4 is 11.2 Å². The van der Waals surface area contributed by atoms with Gasteiger partial charge in [-0.1, -0.05) is 24.9 Å². The minimum atomic E-state index is -1.08. The molecule has 100 valence electrons. The van der Waals surface area contributed by atoms with E-state index in [9.17, 15) is 14.0 Å². The largest absolute Gasteiger partial charge is 0.329 e. The number of hydrogen-bond donors (Lipinski definition) is 1. The summed E-state index contributed by atoms with van der Waals surface area (Å²) in [4.78, 5) is 25.8. The van der Waals surface area contributed by atoms with Gasteiger partial charge in [-0.05, 0) is 18.6 Å². The Labute approximate surface area is 113 Å². The van der Waals surface area contributed by atoms with E-state index in [4.69, 9.17) is 11.6 Å². The molecule has 18 heavy (non-hydrogen) atoms. The van der Waals surface area contributed by atoms with Crippen LogP contribution in [0, 0.1) is 5.82 Å². The molecule has 1 aliphatic rings. The lowest BCUT2D eigenvalue weighted by Crippen LogP contribution is -2.41. The van der Waals surface area contributed by atoms with Gasteiger partial charge in [-0.3, -0.25) is 14.3 Å². The molecule has 7 heteroatoms. The van der Waals surface area contributed by atoms with E-state index in [1.54, 1.807) is 11.8 Å². The number of aromatic nitrogens is 2. The molecule has 1 heterocycles. The van der Waals surface area contributed by atoms with Crippen molar-refractivity contribution in [2.75, 3.05) is 5.75 Å². The Kier molecular flexibility index (Phi) is 4.17. The third-order valence-corrected chi connectivity index (χ3v) is 4.74. The van der Waals surface area contributed by atoms with Crippen molar-refractivity contribution in [3.63, 3.8) is 0 Å². The fourth-order valence-electron chi connectivity index (χ4n) is 2.41. The van der Waals surface area contributed by atoms with Gasteiger partial charge in [0.1, 0.15) is 0 Å². The summed E-state index contributed by atoms with van der Waals surface area (Å²) in [5, 5.41) is -0.326. The molecule has 4 nitrogen and oxygen atoms in total. The predicted octanol–water partition coefficient (Wildman–Crippen LogP) is 2.18. The van der Waals surface area contributed by atoms with Crippen LogP contribution in [0.25, 0.3) is 0 Å². The fourth-order valence-corrected chi connectivity index (χ4v) is 3.82. The molecule has 0 spiro atoms. The van der Waals surface area contributed by atoms with Crippen LogP contribution in [-0.2, 0) is 0 Å². The van der Waals surface area contributed by atoms with Gasteiger partial charge in [-0.15, -0.1) is 0 Å². The SMILES string of the molecule is CCSC1CCCC1n1c(=O)[nH]c(Cl)c(F)c1=O. The number of H-pyrrole nitrogens is 1. The van der Waals surface area contributed by atoms with Crippen LogP contribution in [0.15, 0.2) is 9.59 Å². The van der Waals surface area contributed by atoms with E-state index >= 15 is 0 Å². The summed E-state index contributed by atoms with van der Waals surface area (Å²) < 4.78 is 14.5. The lowest BCUT2D eigenvalue weighted by Gasteiger charge is -2.20. The first-order chi connectivity index (χ1) is 8.56. The number of nitrogens with one attached hydrogen (secondary N) is 1. The number of hydrogen-bond acceptors (Lipinski definition) is 3. The summed E-state index contributed by atoms with van der Waals surface area (Å²) in [5.74, 6) is -0.174. The molecule has 2 unspecified atom stereocenters. The van der Waals surface area contributed by atoms with Crippen molar-refractivity contribution in [3.05, 3.63) is 31.8 Å². The molecule has 1 saturated carbocycles. The Hall–Kier alpha value is -0.750. The van der Waals surface area contributed by atoms with Gasteiger partial charge in [0.15, 0.2) is 5.15 Å². The molecule has 1 fully saturated rings. The Morgan fingerprint density at radius 3 is 2.89 bits per heavy atom. The average Bonchev–Trinajstić information content (AvgIpc) is 2.75. The van der Waals surface area contributed by atoms with E-state index in [1.165, 1.54) is 0 Å². The summed E-state index contributed by atoms with van der Waals surface area (Å²) in [6.45, 7) is 2.02. The molecule has 1 aromatic rings. The van der Waals surface area contributed by atoms with Gasteiger partial charge in [-0.2, -0.15) is 16.2 Å². The normalized spacial score (nSPS) is 23.5. The molecule has 0 amide bonds. The first-order valence-electron chi connectivity index (χ1n) is 5.87. The number of thioether (sulfide) groups is 1. The van der Waals surface area contributed by atoms with Gasteiger partial charge in [0.25, 0.3) is 5.56 Å². The highest BCUT2D eigenvalue weighted by Gasteiger charge is 2.31. The maximum Gasteiger partial charge on any atom is 0.329 e. The molecule has 0 aliphatic heterocycles. The molecule has 0 saturated heterocycles. The molecule has 0 aromatic carbocycles. The summed E-state index contributed by atoms with van der Waals surface area (Å²) >= 11 is 7.15. The molecule has 0 radical (unpaired) electrons. The fraction of sp³-hybridized carbons (Fsp3) is 0.636. The molecule has 2 rings (SSSR count). The van der Waals surface area contributed by atoms with Crippen molar-refractivity contribution in [2.45, 2.75) is 37.5 Å². The van der Waals surface area contributed by atoms with Gasteiger partial charge in [0.05, 0.1) is 6.04 Å². The lowest BCUT2D eigenvalue weighted by molar-refractivity contribution is 0.458. The Morgan fingerprint density at radius 2 is 2.22 bits per heavy atom. The summed E-state index contributed by atoms with van der Waals surface area (Å²) in [6, 6.07) is -0.238. The quantitative estimate of drug-likeness (QED) is 0.869. The van der Waals surface area contributed by atoms with E-state index in [0.717, 1.165) is 29.6 Å². The highest BCUT2D eigenvalue weighted by atomic mass is 35.5. The third-order valence-electron chi connectivity index (χ3n) is 3.16. The van der Waals surface area contributed by atoms with Crippen molar-refractivity contribution >= 4 is 23.4 Å². The molecule has 1 N–H and O–H groups in total. The highest BCUT2D eigenvalue weighted by Crippen LogP contribution is 2.37. The standard InChI is InChI=1S/C11H14ClFN2O2S/c1-2-18-7-5-3-4-6(7)15-10(16)8(13)9(12)14-11(15)17/h6-7H,2-5H2,1H3,(H,14,17). The van der Waals surface area contributed by atoms with Crippen molar-refractivity contribution in [1.82, 2.24) is 9.55 Å². The van der Waals surface area contributed by atoms with Crippen molar-refractivity contribution in [1.29, 1.82) is 0 Å². The van der Waals surface area contributed by atoms with Gasteiger partial charge in [-0.25, -0.2) is 4.79 Å². The van der Waals surface area contributed by atoms with E-state index in [2.05, 4.69) is 4.98 Å². The number of halogens is 2. The number of nitrogens with zero attached hydrogens (tertiary/aromatic N) is 1. The summed E-state index contributed by atoms with van der Waals surface area (Å²) in [5.41, 5.74) is -1.54. The minimum absolute atomic E-state index is 0.189. The van der Waals surface area contributed by atoms with Crippen LogP contribution in [0.1, 0.15) is 32.2 Å². The summed E-state index contributed by atoms with van der Waals surface area (Å²) in [6.07, 6.45) is 2.61. The molecule has 0 bridgehead atoms. The van der Waals surface area contributed by atoms with Gasteiger partial charge < -0.3 is 0 Å². The minimum Gasteiger partial charge on any atom is -0.295 e. The second-order valence-corrected chi connectivity index (χ2v) is 6.12. The molecular weight excluding hydrogens is 279 g/mol. The first kappa shape index (κ1) is 13.7. The van der Waals surface area contributed by atoms with Crippen LogP contribution in [0.2, 0.25) is 5.15 Å². The second kappa shape index (κ2) is 5.48. The predicted molar refractivity (Wildman–Crippen MR) is 71.1 cm³/mol. The Bertz CT molecular complexity index is 557. The highest BCUT2D eigenvalue weighted by molar-refractivity contribution is 7.99. The van der Waals surface area contributed by atoms with Crippen molar-refractivity contribution in [3.8, 4) is 0 Å². The second-order valence-electron chi connectivity index (χ2n) is 4.23. The van der Waals surface area contributed by atoms with Crippen LogP contribution in [-0.4, -0.2) is 20.6 Å². The van der Waals surface area contributed by atoms with Crippen molar-refractivity contribution in [2.24, 2.45) is 0 Å². The van der Waals surface area contributed by atoms with Gasteiger partial charge in [0, 0.05) is 5.25 Å². The van der Waals surface area contributed by atoms with Crippen LogP contribution in [0.5, 0.6) is 0 Å². The van der Waals surface area contributed by atoms with E-state index in [-0.39, 0.29) is 11.3 Å². The van der Waals surface area contributed by atoms with Gasteiger partial charge >= 0.3 is 5.69 Å². The topological polar surface area (TPSA) is 54.9 Å². The van der Waals surface area contributed by atoms with E-state index < -0.39 is 22.2 Å². The monoisotopic (exact) mass is 292 g/mol. The smallest absolute Gasteiger partial charge is 0.295 e. The molecular formula is C11H14ClFN2O2S. The third kappa shape index (κ3) is 2.36. The van der Waals surface area contributed by atoms with Gasteiger partial charge in [0.2, 0.25) is 5.82 Å². The summed E-state index contributed by atoms with van der Waals surface area (Å²) in [7, 11) is 0. The molecule has 1 aliphatic carbocycles. The Morgan fingerprint density at radius 1 is 1.50 bits per heavy atom. The zero-order valence-electron chi connectivity index (χ0n) is 9.91. The van der Waals surface area contributed by atoms with E-state index in [0.29, 0.717) is 0 Å². The maximum absolute atomic E-state index is 13.5. The first-order valence-corrected chi connectivity index (χ1v) is 7.30. The Balaban J connectivity index is 2.48. The zero-order valence-corrected chi connectivity index (χ0v) is 11.5. The average molecular weight is 293 g/mol. The maximum atomic E-state index is 13.5. The van der Waals surface area contributed by atoms with Crippen molar-refractivity contribution < 1.29 is 4.39 Å². The molecule has 1 aromatic heterocycles. The zero-order chi connectivity index (χ0) is 13.3. The van der Waals surface area contributed by atoms with Crippen LogP contribution >= 0.6 is 23.4 Å². The molecule has 2 atom stereocenters. The van der Waals surface area contributed by atoms with E-state index in [1.807, 2.05) is 6.92 Å². The number of rotatable bonds is 3. The number of aromatic amines is 1.